The molecule has 2 N–H and O–H groups in total. The molecule has 0 aliphatic rings. The van der Waals surface area contributed by atoms with Crippen LogP contribution in [0.5, 0.6) is 0 Å². The molecule has 3 aromatic heterocycles. The van der Waals surface area contributed by atoms with Gasteiger partial charge in [0.2, 0.25) is 5.91 Å². The fraction of sp³-hybridized carbons (Fsp3) is 0.0800. The summed E-state index contributed by atoms with van der Waals surface area (Å²) in [7, 11) is 0. The van der Waals surface area contributed by atoms with E-state index in [0.29, 0.717) is 23.6 Å². The number of para-hydroxylation sites is 1. The maximum Gasteiger partial charge on any atom is 0.291 e. The Bertz CT molecular complexity index is 1410. The third-order valence-corrected chi connectivity index (χ3v) is 5.21. The van der Waals surface area contributed by atoms with E-state index in [1.807, 2.05) is 30.3 Å². The Morgan fingerprint density at radius 3 is 2.65 bits per heavy atom. The summed E-state index contributed by atoms with van der Waals surface area (Å²) in [4.78, 5) is 33.2. The highest BCUT2D eigenvalue weighted by Gasteiger charge is 2.13. The summed E-state index contributed by atoms with van der Waals surface area (Å²) < 4.78 is 7.15. The van der Waals surface area contributed by atoms with Crippen molar-refractivity contribution in [2.24, 2.45) is 0 Å². The van der Waals surface area contributed by atoms with Gasteiger partial charge in [0, 0.05) is 29.4 Å². The molecule has 2 aromatic carbocycles. The highest BCUT2D eigenvalue weighted by atomic mass is 16.3. The smallest absolute Gasteiger partial charge is 0.291 e. The summed E-state index contributed by atoms with van der Waals surface area (Å²) >= 11 is 0. The van der Waals surface area contributed by atoms with Crippen LogP contribution >= 0.6 is 0 Å². The second-order valence-corrected chi connectivity index (χ2v) is 7.58. The van der Waals surface area contributed by atoms with Gasteiger partial charge in [0.1, 0.15) is 18.2 Å². The molecule has 3 heterocycles. The molecule has 34 heavy (non-hydrogen) atoms. The number of carbonyl (C=O) groups excluding carboxylic acids is 2. The maximum absolute atomic E-state index is 12.5. The van der Waals surface area contributed by atoms with Crippen LogP contribution in [0.1, 0.15) is 21.7 Å². The van der Waals surface area contributed by atoms with Gasteiger partial charge in [-0.25, -0.2) is 14.6 Å². The zero-order chi connectivity index (χ0) is 23.3. The number of pyridine rings is 1. The van der Waals surface area contributed by atoms with Crippen LogP contribution in [0.3, 0.4) is 0 Å². The van der Waals surface area contributed by atoms with Gasteiger partial charge in [-0.15, -0.1) is 0 Å². The van der Waals surface area contributed by atoms with Crippen molar-refractivity contribution >= 4 is 28.5 Å². The molecule has 0 aliphatic heterocycles. The number of nitrogens with zero attached hydrogens (tertiary/aromatic N) is 4. The van der Waals surface area contributed by atoms with Gasteiger partial charge in [0.15, 0.2) is 11.6 Å². The average molecular weight is 452 g/mol. The lowest BCUT2D eigenvalue weighted by Crippen LogP contribution is -2.25. The fourth-order valence-corrected chi connectivity index (χ4v) is 3.53. The minimum Gasteiger partial charge on any atom is -0.451 e. The van der Waals surface area contributed by atoms with Gasteiger partial charge in [0.25, 0.3) is 5.91 Å². The first-order valence-corrected chi connectivity index (χ1v) is 10.6. The summed E-state index contributed by atoms with van der Waals surface area (Å²) in [5.74, 6) is 0.393. The van der Waals surface area contributed by atoms with E-state index in [2.05, 4.69) is 25.7 Å². The molecule has 0 unspecified atom stereocenters. The topological polar surface area (TPSA) is 115 Å². The Balaban J connectivity index is 1.17. The van der Waals surface area contributed by atoms with Crippen LogP contribution in [-0.2, 0) is 17.8 Å². The van der Waals surface area contributed by atoms with E-state index >= 15 is 0 Å². The van der Waals surface area contributed by atoms with Crippen molar-refractivity contribution in [3.8, 4) is 5.82 Å². The van der Waals surface area contributed by atoms with Crippen molar-refractivity contribution in [2.45, 2.75) is 13.0 Å². The lowest BCUT2D eigenvalue weighted by atomic mass is 10.1. The van der Waals surface area contributed by atoms with Crippen LogP contribution in [-0.4, -0.2) is 31.6 Å². The van der Waals surface area contributed by atoms with Gasteiger partial charge in [-0.1, -0.05) is 36.4 Å². The van der Waals surface area contributed by atoms with Crippen molar-refractivity contribution in [2.75, 3.05) is 5.32 Å². The molecule has 0 radical (unpaired) electrons. The van der Waals surface area contributed by atoms with Gasteiger partial charge < -0.3 is 15.1 Å². The van der Waals surface area contributed by atoms with E-state index in [9.17, 15) is 9.59 Å². The van der Waals surface area contributed by atoms with E-state index in [0.717, 1.165) is 16.5 Å². The minimum atomic E-state index is -0.332. The number of hydrogen-bond donors (Lipinski definition) is 2. The Labute approximate surface area is 194 Å². The molecule has 5 rings (SSSR count). The van der Waals surface area contributed by atoms with Crippen LogP contribution in [0.25, 0.3) is 16.8 Å². The Morgan fingerprint density at radius 1 is 1.00 bits per heavy atom. The number of aromatic nitrogens is 4. The molecule has 2 amide bonds. The standard InChI is InChI=1S/C25H20N6O3/c32-23(28-14-19-5-3-11-27-24(19)31-16-26-15-29-31)12-17-7-9-20(10-8-17)30-25(33)22-13-18-4-1-2-6-21(18)34-22/h1-11,13,15-16H,12,14H2,(H,28,32)(H,30,33). The van der Waals surface area contributed by atoms with Gasteiger partial charge in [-0.3, -0.25) is 9.59 Å². The largest absolute Gasteiger partial charge is 0.451 e. The van der Waals surface area contributed by atoms with E-state index in [1.54, 1.807) is 53.6 Å². The molecule has 0 saturated heterocycles. The molecule has 9 nitrogen and oxygen atoms in total. The molecule has 0 atom stereocenters. The van der Waals surface area contributed by atoms with Gasteiger partial charge in [-0.2, -0.15) is 5.10 Å². The maximum atomic E-state index is 12.5. The minimum absolute atomic E-state index is 0.132. The molecule has 5 aromatic rings. The van der Waals surface area contributed by atoms with Crippen LogP contribution in [0.15, 0.2) is 90.0 Å². The predicted molar refractivity (Wildman–Crippen MR) is 125 cm³/mol. The van der Waals surface area contributed by atoms with Gasteiger partial charge >= 0.3 is 0 Å². The van der Waals surface area contributed by atoms with Crippen molar-refractivity contribution < 1.29 is 14.0 Å². The first-order valence-electron chi connectivity index (χ1n) is 10.6. The number of rotatable bonds is 7. The highest BCUT2D eigenvalue weighted by Crippen LogP contribution is 2.20. The lowest BCUT2D eigenvalue weighted by Gasteiger charge is -2.10. The number of furan rings is 1. The predicted octanol–water partition coefficient (Wildman–Crippen LogP) is 3.52. The summed E-state index contributed by atoms with van der Waals surface area (Å²) in [5, 5.41) is 10.7. The zero-order valence-electron chi connectivity index (χ0n) is 18.0. The highest BCUT2D eigenvalue weighted by molar-refractivity contribution is 6.04. The Hall–Kier alpha value is -4.79. The molecular formula is C25H20N6O3. The summed E-state index contributed by atoms with van der Waals surface area (Å²) in [6, 6.07) is 20.0. The second-order valence-electron chi connectivity index (χ2n) is 7.58. The molecule has 0 saturated carbocycles. The van der Waals surface area contributed by atoms with Gasteiger partial charge in [-0.05, 0) is 35.9 Å². The van der Waals surface area contributed by atoms with Crippen molar-refractivity contribution in [1.29, 1.82) is 0 Å². The number of hydrogen-bond acceptors (Lipinski definition) is 6. The Kier molecular flexibility index (Phi) is 5.81. The van der Waals surface area contributed by atoms with Crippen molar-refractivity contribution in [3.63, 3.8) is 0 Å². The number of fused-ring (bicyclic) bond motifs is 1. The molecule has 9 heteroatoms. The molecule has 0 bridgehead atoms. The van der Waals surface area contributed by atoms with E-state index in [1.165, 1.54) is 6.33 Å². The third-order valence-electron chi connectivity index (χ3n) is 5.21. The fourth-order valence-electron chi connectivity index (χ4n) is 3.53. The first kappa shape index (κ1) is 21.1. The summed E-state index contributed by atoms with van der Waals surface area (Å²) in [6.45, 7) is 0.313. The molecule has 168 valence electrons. The van der Waals surface area contributed by atoms with Crippen LogP contribution in [0.4, 0.5) is 5.69 Å². The zero-order valence-corrected chi connectivity index (χ0v) is 18.0. The van der Waals surface area contributed by atoms with Crippen molar-refractivity contribution in [1.82, 2.24) is 25.1 Å². The quantitative estimate of drug-likeness (QED) is 0.390. The van der Waals surface area contributed by atoms with Crippen LogP contribution in [0.2, 0.25) is 0 Å². The van der Waals surface area contributed by atoms with Crippen LogP contribution in [0, 0.1) is 0 Å². The van der Waals surface area contributed by atoms with E-state index in [4.69, 9.17) is 4.42 Å². The monoisotopic (exact) mass is 452 g/mol. The van der Waals surface area contributed by atoms with E-state index < -0.39 is 0 Å². The molecule has 0 fully saturated rings. The number of amides is 2. The first-order chi connectivity index (χ1) is 16.7. The number of benzene rings is 2. The normalized spacial score (nSPS) is 10.8. The lowest BCUT2D eigenvalue weighted by molar-refractivity contribution is -0.120. The van der Waals surface area contributed by atoms with Crippen LogP contribution < -0.4 is 10.6 Å². The summed E-state index contributed by atoms with van der Waals surface area (Å²) in [6.07, 6.45) is 4.86. The SMILES string of the molecule is O=C(Cc1ccc(NC(=O)c2cc3ccccc3o2)cc1)NCc1cccnc1-n1cncn1. The van der Waals surface area contributed by atoms with E-state index in [-0.39, 0.29) is 24.0 Å². The average Bonchev–Trinajstić information content (AvgIpc) is 3.54. The number of carbonyl (C=O) groups is 2. The second kappa shape index (κ2) is 9.37. The summed E-state index contributed by atoms with van der Waals surface area (Å²) in [5.41, 5.74) is 2.92. The third kappa shape index (κ3) is 4.68. The van der Waals surface area contributed by atoms with Crippen molar-refractivity contribution in [3.05, 3.63) is 102 Å². The number of nitrogens with one attached hydrogen (secondary N) is 2. The number of anilines is 1. The molecule has 0 spiro atoms. The van der Waals surface area contributed by atoms with Gasteiger partial charge in [0.05, 0.1) is 6.42 Å². The molecular weight excluding hydrogens is 432 g/mol. The molecule has 0 aliphatic carbocycles. The Morgan fingerprint density at radius 2 is 1.85 bits per heavy atom.